The van der Waals surface area contributed by atoms with Gasteiger partial charge in [-0.3, -0.25) is 0 Å². The molecule has 3 nitrogen and oxygen atoms in total. The lowest BCUT2D eigenvalue weighted by Crippen LogP contribution is -2.28. The van der Waals surface area contributed by atoms with Crippen LogP contribution in [0.5, 0.6) is 0 Å². The molecular formula is C11H12N2OS2. The van der Waals surface area contributed by atoms with Crippen molar-refractivity contribution in [2.24, 2.45) is 0 Å². The zero-order chi connectivity index (χ0) is 11.0. The quantitative estimate of drug-likeness (QED) is 0.821. The summed E-state index contributed by atoms with van der Waals surface area (Å²) in [6, 6.07) is 2.18. The molecule has 0 bridgehead atoms. The second kappa shape index (κ2) is 4.16. The predicted octanol–water partition coefficient (Wildman–Crippen LogP) is 3.01. The first-order valence-corrected chi connectivity index (χ1v) is 6.83. The van der Waals surface area contributed by atoms with Crippen molar-refractivity contribution < 1.29 is 4.74 Å². The van der Waals surface area contributed by atoms with Gasteiger partial charge in [-0.25, -0.2) is 4.98 Å². The van der Waals surface area contributed by atoms with Crippen LogP contribution in [0.25, 0.3) is 0 Å². The van der Waals surface area contributed by atoms with Gasteiger partial charge in [-0.15, -0.1) is 22.7 Å². The van der Waals surface area contributed by atoms with Crippen LogP contribution in [0.1, 0.15) is 14.8 Å². The maximum Gasteiger partial charge on any atom is 0.119 e. The first kappa shape index (κ1) is 10.3. The molecule has 1 aliphatic heterocycles. The van der Waals surface area contributed by atoms with E-state index in [-0.39, 0.29) is 0 Å². The lowest BCUT2D eigenvalue weighted by Gasteiger charge is -2.28. The van der Waals surface area contributed by atoms with Crippen LogP contribution in [0.4, 0.5) is 5.69 Å². The Bertz CT molecular complexity index is 492. The number of hydrogen-bond donors (Lipinski definition) is 0. The second-order valence-electron chi connectivity index (χ2n) is 3.75. The maximum atomic E-state index is 5.57. The molecule has 0 aromatic carbocycles. The molecule has 0 spiro atoms. The van der Waals surface area contributed by atoms with Gasteiger partial charge in [0.1, 0.15) is 6.73 Å². The Morgan fingerprint density at radius 2 is 2.50 bits per heavy atom. The molecule has 1 aliphatic rings. The molecule has 0 amide bonds. The minimum Gasteiger partial charge on any atom is -0.356 e. The monoisotopic (exact) mass is 252 g/mol. The number of thiophene rings is 1. The van der Waals surface area contributed by atoms with E-state index in [0.29, 0.717) is 6.73 Å². The summed E-state index contributed by atoms with van der Waals surface area (Å²) < 4.78 is 5.57. The minimum absolute atomic E-state index is 0.681. The van der Waals surface area contributed by atoms with Gasteiger partial charge in [0.25, 0.3) is 0 Å². The molecule has 0 saturated carbocycles. The number of anilines is 1. The van der Waals surface area contributed by atoms with E-state index in [9.17, 15) is 0 Å². The van der Waals surface area contributed by atoms with Crippen LogP contribution in [0.3, 0.4) is 0 Å². The Morgan fingerprint density at radius 3 is 3.31 bits per heavy atom. The molecule has 0 radical (unpaired) electrons. The van der Waals surface area contributed by atoms with Gasteiger partial charge in [0, 0.05) is 11.1 Å². The van der Waals surface area contributed by atoms with Gasteiger partial charge in [-0.2, -0.15) is 0 Å². The maximum absolute atomic E-state index is 5.57. The number of thiazole rings is 1. The molecule has 84 valence electrons. The molecule has 3 heterocycles. The largest absolute Gasteiger partial charge is 0.356 e. The molecule has 0 aliphatic carbocycles. The Morgan fingerprint density at radius 1 is 1.56 bits per heavy atom. The highest BCUT2D eigenvalue weighted by molar-refractivity contribution is 7.11. The summed E-state index contributed by atoms with van der Waals surface area (Å²) in [4.78, 5) is 9.16. The van der Waals surface area contributed by atoms with Crippen molar-refractivity contribution in [1.29, 1.82) is 0 Å². The third kappa shape index (κ3) is 1.86. The summed E-state index contributed by atoms with van der Waals surface area (Å²) in [5.41, 5.74) is 1.32. The standard InChI is InChI=1S/C11H12N2OS2/c1-8-12-4-9(16-8)5-13-7-14-6-11-10(13)2-3-15-11/h2-4H,5-7H2,1H3. The van der Waals surface area contributed by atoms with Crippen molar-refractivity contribution in [3.05, 3.63) is 32.4 Å². The summed E-state index contributed by atoms with van der Waals surface area (Å²) >= 11 is 3.52. The first-order chi connectivity index (χ1) is 7.83. The third-order valence-electron chi connectivity index (χ3n) is 2.56. The molecule has 0 saturated heterocycles. The highest BCUT2D eigenvalue weighted by Crippen LogP contribution is 2.32. The number of aromatic nitrogens is 1. The first-order valence-electron chi connectivity index (χ1n) is 5.13. The van der Waals surface area contributed by atoms with Crippen LogP contribution in [0.2, 0.25) is 0 Å². The normalized spacial score (nSPS) is 15.2. The van der Waals surface area contributed by atoms with Gasteiger partial charge in [0.15, 0.2) is 0 Å². The van der Waals surface area contributed by atoms with Crippen molar-refractivity contribution in [3.8, 4) is 0 Å². The number of aryl methyl sites for hydroxylation is 1. The summed E-state index contributed by atoms with van der Waals surface area (Å²) in [6.07, 6.45) is 1.96. The Balaban J connectivity index is 1.82. The molecule has 0 atom stereocenters. The highest BCUT2D eigenvalue weighted by atomic mass is 32.1. The molecule has 2 aromatic rings. The van der Waals surface area contributed by atoms with Gasteiger partial charge in [-0.1, -0.05) is 0 Å². The fourth-order valence-electron chi connectivity index (χ4n) is 1.84. The average molecular weight is 252 g/mol. The van der Waals surface area contributed by atoms with Crippen LogP contribution in [0.15, 0.2) is 17.6 Å². The SMILES string of the molecule is Cc1ncc(CN2COCc3sccc32)s1. The Labute approximate surface area is 102 Å². The lowest BCUT2D eigenvalue weighted by molar-refractivity contribution is 0.112. The van der Waals surface area contributed by atoms with Crippen LogP contribution in [-0.4, -0.2) is 11.7 Å². The smallest absolute Gasteiger partial charge is 0.119 e. The van der Waals surface area contributed by atoms with E-state index in [2.05, 4.69) is 21.3 Å². The van der Waals surface area contributed by atoms with Crippen molar-refractivity contribution in [1.82, 2.24) is 4.98 Å². The van der Waals surface area contributed by atoms with E-state index in [1.165, 1.54) is 15.4 Å². The van der Waals surface area contributed by atoms with E-state index in [1.807, 2.05) is 13.1 Å². The van der Waals surface area contributed by atoms with Gasteiger partial charge in [-0.05, 0) is 18.4 Å². The molecule has 5 heteroatoms. The zero-order valence-corrected chi connectivity index (χ0v) is 10.6. The molecule has 16 heavy (non-hydrogen) atoms. The van der Waals surface area contributed by atoms with E-state index < -0.39 is 0 Å². The molecular weight excluding hydrogens is 240 g/mol. The predicted molar refractivity (Wildman–Crippen MR) is 67.0 cm³/mol. The molecule has 3 rings (SSSR count). The van der Waals surface area contributed by atoms with Gasteiger partial charge >= 0.3 is 0 Å². The van der Waals surface area contributed by atoms with Crippen LogP contribution in [0, 0.1) is 6.92 Å². The van der Waals surface area contributed by atoms with Crippen LogP contribution >= 0.6 is 22.7 Å². The average Bonchev–Trinajstić information content (AvgIpc) is 2.87. The molecule has 0 unspecified atom stereocenters. The van der Waals surface area contributed by atoms with Crippen LogP contribution < -0.4 is 4.90 Å². The Kier molecular flexibility index (Phi) is 2.67. The molecule has 0 N–H and O–H groups in total. The van der Waals surface area contributed by atoms with E-state index in [0.717, 1.165) is 18.2 Å². The lowest BCUT2D eigenvalue weighted by atomic mass is 10.3. The number of nitrogens with zero attached hydrogens (tertiary/aromatic N) is 2. The fraction of sp³-hybridized carbons (Fsp3) is 0.364. The molecule has 0 fully saturated rings. The van der Waals surface area contributed by atoms with Gasteiger partial charge < -0.3 is 9.64 Å². The minimum atomic E-state index is 0.681. The summed E-state index contributed by atoms with van der Waals surface area (Å²) in [6.45, 7) is 4.37. The number of ether oxygens (including phenoxy) is 1. The van der Waals surface area contributed by atoms with Gasteiger partial charge in [0.05, 0.1) is 28.7 Å². The van der Waals surface area contributed by atoms with Crippen molar-refractivity contribution in [3.63, 3.8) is 0 Å². The second-order valence-corrected chi connectivity index (χ2v) is 6.07. The summed E-state index contributed by atoms with van der Waals surface area (Å²) in [5.74, 6) is 0. The number of hydrogen-bond acceptors (Lipinski definition) is 5. The molecule has 2 aromatic heterocycles. The zero-order valence-electron chi connectivity index (χ0n) is 8.97. The fourth-order valence-corrected chi connectivity index (χ4v) is 3.48. The Hall–Kier alpha value is -0.910. The topological polar surface area (TPSA) is 25.4 Å². The van der Waals surface area contributed by atoms with Crippen molar-refractivity contribution >= 4 is 28.4 Å². The summed E-state index contributed by atoms with van der Waals surface area (Å²) in [5, 5.41) is 3.25. The number of fused-ring (bicyclic) bond motifs is 1. The number of rotatable bonds is 2. The van der Waals surface area contributed by atoms with Gasteiger partial charge in [0.2, 0.25) is 0 Å². The van der Waals surface area contributed by atoms with Crippen LogP contribution in [-0.2, 0) is 17.9 Å². The van der Waals surface area contributed by atoms with Crippen molar-refractivity contribution in [2.75, 3.05) is 11.6 Å². The summed E-state index contributed by atoms with van der Waals surface area (Å²) in [7, 11) is 0. The van der Waals surface area contributed by atoms with E-state index in [4.69, 9.17) is 4.74 Å². The van der Waals surface area contributed by atoms with Crippen molar-refractivity contribution in [2.45, 2.75) is 20.1 Å². The highest BCUT2D eigenvalue weighted by Gasteiger charge is 2.18. The van der Waals surface area contributed by atoms with E-state index >= 15 is 0 Å². The third-order valence-corrected chi connectivity index (χ3v) is 4.34. The van der Waals surface area contributed by atoms with E-state index in [1.54, 1.807) is 22.7 Å².